The van der Waals surface area contributed by atoms with Crippen LogP contribution in [0.15, 0.2) is 29.1 Å². The van der Waals surface area contributed by atoms with Gasteiger partial charge in [-0.05, 0) is 12.1 Å². The van der Waals surface area contributed by atoms with Crippen molar-refractivity contribution >= 4 is 28.8 Å². The van der Waals surface area contributed by atoms with E-state index in [2.05, 4.69) is 4.98 Å². The van der Waals surface area contributed by atoms with Crippen LogP contribution in [0.5, 0.6) is 0 Å². The molecule has 0 radical (unpaired) electrons. The van der Waals surface area contributed by atoms with E-state index in [1.165, 1.54) is 28.4 Å². The zero-order chi connectivity index (χ0) is 13.1. The van der Waals surface area contributed by atoms with Gasteiger partial charge in [-0.2, -0.15) is 0 Å². The van der Waals surface area contributed by atoms with Gasteiger partial charge in [0, 0.05) is 23.0 Å². The second-order valence-electron chi connectivity index (χ2n) is 3.74. The molecule has 18 heavy (non-hydrogen) atoms. The summed E-state index contributed by atoms with van der Waals surface area (Å²) in [5.74, 6) is -0.670. The van der Waals surface area contributed by atoms with E-state index in [1.807, 2.05) is 0 Å². The lowest BCUT2D eigenvalue weighted by Gasteiger charge is -2.17. The van der Waals surface area contributed by atoms with E-state index in [4.69, 9.17) is 11.6 Å². The smallest absolute Gasteiger partial charge is 0.273 e. The zero-order valence-electron chi connectivity index (χ0n) is 9.56. The average Bonchev–Trinajstić information content (AvgIpc) is 2.86. The number of hydrogen-bond donors (Lipinski definition) is 0. The van der Waals surface area contributed by atoms with Gasteiger partial charge in [0.05, 0.1) is 12.1 Å². The van der Waals surface area contributed by atoms with E-state index < -0.39 is 5.82 Å². The molecule has 1 heterocycles. The second-order valence-corrected chi connectivity index (χ2v) is 4.86. The van der Waals surface area contributed by atoms with Crippen molar-refractivity contribution < 1.29 is 9.18 Å². The maximum Gasteiger partial charge on any atom is 0.273 e. The first kappa shape index (κ1) is 13.0. The molecule has 0 bridgehead atoms. The largest absolute Gasteiger partial charge is 0.336 e. The Labute approximate surface area is 113 Å². The topological polar surface area (TPSA) is 33.2 Å². The Morgan fingerprint density at radius 2 is 2.33 bits per heavy atom. The van der Waals surface area contributed by atoms with Crippen LogP contribution in [-0.2, 0) is 6.54 Å². The van der Waals surface area contributed by atoms with E-state index in [-0.39, 0.29) is 12.5 Å². The van der Waals surface area contributed by atoms with E-state index in [9.17, 15) is 9.18 Å². The molecule has 0 unspecified atom stereocenters. The predicted molar refractivity (Wildman–Crippen MR) is 69.3 cm³/mol. The van der Waals surface area contributed by atoms with Gasteiger partial charge >= 0.3 is 0 Å². The Bertz CT molecular complexity index is 539. The van der Waals surface area contributed by atoms with Crippen molar-refractivity contribution in [2.45, 2.75) is 6.54 Å². The molecule has 0 saturated heterocycles. The molecule has 1 amide bonds. The van der Waals surface area contributed by atoms with Crippen LogP contribution in [0, 0.1) is 5.82 Å². The Hall–Kier alpha value is -1.46. The molecule has 94 valence electrons. The maximum atomic E-state index is 13.6. The third-order valence-electron chi connectivity index (χ3n) is 2.46. The number of nitrogens with zero attached hydrogens (tertiary/aromatic N) is 2. The number of aromatic nitrogens is 1. The Balaban J connectivity index is 2.17. The lowest BCUT2D eigenvalue weighted by Crippen LogP contribution is -2.27. The van der Waals surface area contributed by atoms with Crippen molar-refractivity contribution in [3.63, 3.8) is 0 Å². The fourth-order valence-corrected chi connectivity index (χ4v) is 2.25. The van der Waals surface area contributed by atoms with Gasteiger partial charge in [0.1, 0.15) is 11.5 Å². The number of halogens is 2. The van der Waals surface area contributed by atoms with Gasteiger partial charge in [-0.25, -0.2) is 9.37 Å². The van der Waals surface area contributed by atoms with Crippen LogP contribution in [0.3, 0.4) is 0 Å². The number of rotatable bonds is 3. The molecule has 0 aliphatic carbocycles. The molecule has 0 atom stereocenters. The molecule has 0 fully saturated rings. The van der Waals surface area contributed by atoms with Crippen molar-refractivity contribution in [1.29, 1.82) is 0 Å². The van der Waals surface area contributed by atoms with Gasteiger partial charge in [0.15, 0.2) is 0 Å². The minimum Gasteiger partial charge on any atom is -0.336 e. The molecule has 0 spiro atoms. The van der Waals surface area contributed by atoms with Gasteiger partial charge in [-0.15, -0.1) is 11.3 Å². The van der Waals surface area contributed by atoms with Crippen molar-refractivity contribution in [2.75, 3.05) is 7.05 Å². The van der Waals surface area contributed by atoms with Gasteiger partial charge in [-0.3, -0.25) is 4.79 Å². The lowest BCUT2D eigenvalue weighted by atomic mass is 10.2. The van der Waals surface area contributed by atoms with Crippen LogP contribution >= 0.6 is 22.9 Å². The highest BCUT2D eigenvalue weighted by atomic mass is 35.5. The molecule has 0 aliphatic heterocycles. The summed E-state index contributed by atoms with van der Waals surface area (Å²) in [6.45, 7) is 0.113. The van der Waals surface area contributed by atoms with E-state index in [1.54, 1.807) is 24.0 Å². The van der Waals surface area contributed by atoms with E-state index >= 15 is 0 Å². The van der Waals surface area contributed by atoms with Gasteiger partial charge in [0.2, 0.25) is 0 Å². The van der Waals surface area contributed by atoms with Crippen LogP contribution in [0.25, 0.3) is 0 Å². The first-order valence-electron chi connectivity index (χ1n) is 5.16. The summed E-state index contributed by atoms with van der Waals surface area (Å²) in [6.07, 6.45) is 0. The summed E-state index contributed by atoms with van der Waals surface area (Å²) >= 11 is 7.25. The minimum absolute atomic E-state index is 0.113. The predicted octanol–water partition coefficient (Wildman–Crippen LogP) is 3.21. The lowest BCUT2D eigenvalue weighted by molar-refractivity contribution is 0.0779. The van der Waals surface area contributed by atoms with Gasteiger partial charge < -0.3 is 4.90 Å². The summed E-state index contributed by atoms with van der Waals surface area (Å²) in [5, 5.41) is 1.97. The van der Waals surface area contributed by atoms with Crippen molar-refractivity contribution in [3.8, 4) is 0 Å². The number of carbonyl (C=O) groups excluding carboxylic acids is 1. The Kier molecular flexibility index (Phi) is 3.93. The number of hydrogen-bond acceptors (Lipinski definition) is 3. The number of thiazole rings is 1. The molecule has 1 aromatic heterocycles. The minimum atomic E-state index is -0.416. The first-order chi connectivity index (χ1) is 8.59. The summed E-state index contributed by atoms with van der Waals surface area (Å²) in [4.78, 5) is 17.2. The Morgan fingerprint density at radius 3 is 2.94 bits per heavy atom. The molecule has 3 nitrogen and oxygen atoms in total. The molecule has 0 N–H and O–H groups in total. The van der Waals surface area contributed by atoms with Crippen LogP contribution < -0.4 is 0 Å². The quantitative estimate of drug-likeness (QED) is 0.867. The Morgan fingerprint density at radius 1 is 1.56 bits per heavy atom. The van der Waals surface area contributed by atoms with E-state index in [0.29, 0.717) is 16.3 Å². The summed E-state index contributed by atoms with van der Waals surface area (Å²) < 4.78 is 13.6. The maximum absolute atomic E-state index is 13.6. The first-order valence-corrected chi connectivity index (χ1v) is 6.48. The molecule has 2 aromatic rings. The molecule has 0 aliphatic rings. The highest BCUT2D eigenvalue weighted by molar-refractivity contribution is 7.07. The fraction of sp³-hybridized carbons (Fsp3) is 0.167. The molecular weight excluding hydrogens is 275 g/mol. The van der Waals surface area contributed by atoms with Crippen LogP contribution in [0.1, 0.15) is 16.1 Å². The third-order valence-corrected chi connectivity index (χ3v) is 3.40. The van der Waals surface area contributed by atoms with Crippen molar-refractivity contribution in [2.24, 2.45) is 0 Å². The van der Waals surface area contributed by atoms with E-state index in [0.717, 1.165) is 0 Å². The monoisotopic (exact) mass is 284 g/mol. The van der Waals surface area contributed by atoms with Crippen LogP contribution in [0.4, 0.5) is 4.39 Å². The SMILES string of the molecule is CN(Cc1c(F)cccc1Cl)C(=O)c1cscn1. The number of carbonyl (C=O) groups is 1. The summed E-state index contributed by atoms with van der Waals surface area (Å²) in [7, 11) is 1.59. The standard InChI is InChI=1S/C12H10ClFN2OS/c1-16(12(17)11-6-18-7-15-11)5-8-9(13)3-2-4-10(8)14/h2-4,6-7H,5H2,1H3. The van der Waals surface area contributed by atoms with Crippen LogP contribution in [0.2, 0.25) is 5.02 Å². The normalized spacial score (nSPS) is 10.4. The molecular formula is C12H10ClFN2OS. The van der Waals surface area contributed by atoms with Crippen molar-refractivity contribution in [3.05, 3.63) is 51.2 Å². The summed E-state index contributed by atoms with van der Waals surface area (Å²) in [6, 6.07) is 4.45. The molecule has 0 saturated carbocycles. The van der Waals surface area contributed by atoms with Gasteiger partial charge in [-0.1, -0.05) is 17.7 Å². The molecule has 6 heteroatoms. The van der Waals surface area contributed by atoms with Gasteiger partial charge in [0.25, 0.3) is 5.91 Å². The zero-order valence-corrected chi connectivity index (χ0v) is 11.1. The molecule has 2 rings (SSSR count). The molecule has 1 aromatic carbocycles. The second kappa shape index (κ2) is 5.46. The third kappa shape index (κ3) is 2.68. The average molecular weight is 285 g/mol. The highest BCUT2D eigenvalue weighted by Crippen LogP contribution is 2.21. The van der Waals surface area contributed by atoms with Crippen LogP contribution in [-0.4, -0.2) is 22.8 Å². The fourth-order valence-electron chi connectivity index (χ4n) is 1.51. The highest BCUT2D eigenvalue weighted by Gasteiger charge is 2.16. The number of benzene rings is 1. The van der Waals surface area contributed by atoms with Crippen molar-refractivity contribution in [1.82, 2.24) is 9.88 Å². The number of amides is 1. The summed E-state index contributed by atoms with van der Waals surface area (Å²) in [5.41, 5.74) is 2.25.